The van der Waals surface area contributed by atoms with Crippen LogP contribution in [0, 0.1) is 0 Å². The molecule has 1 aromatic heterocycles. The molecule has 13 heavy (non-hydrogen) atoms. The minimum atomic E-state index is 0.548. The molecule has 1 rings (SSSR count). The third-order valence-electron chi connectivity index (χ3n) is 2.10. The van der Waals surface area contributed by atoms with E-state index in [1.54, 1.807) is 6.20 Å². The minimum Gasteiger partial charge on any atom is -0.300 e. The third-order valence-corrected chi connectivity index (χ3v) is 2.31. The zero-order chi connectivity index (χ0) is 9.84. The molecule has 1 aromatic rings. The number of nitrogens with zero attached hydrogens (tertiary/aromatic N) is 2. The van der Waals surface area contributed by atoms with Crippen molar-refractivity contribution in [1.29, 1.82) is 0 Å². The number of hydrogen-bond donors (Lipinski definition) is 0. The van der Waals surface area contributed by atoms with E-state index in [0.29, 0.717) is 11.2 Å². The van der Waals surface area contributed by atoms with Gasteiger partial charge in [0.15, 0.2) is 0 Å². The van der Waals surface area contributed by atoms with Crippen LogP contribution in [-0.2, 0) is 6.54 Å². The Morgan fingerprint density at radius 2 is 2.23 bits per heavy atom. The maximum atomic E-state index is 5.78. The summed E-state index contributed by atoms with van der Waals surface area (Å²) in [6, 6.07) is 4.44. The van der Waals surface area contributed by atoms with Crippen LogP contribution in [0.25, 0.3) is 0 Å². The van der Waals surface area contributed by atoms with Crippen LogP contribution < -0.4 is 0 Å². The SMILES string of the molecule is CC(C)N(C)Cc1ccnc(Cl)c1. The molecule has 0 bridgehead atoms. The summed E-state index contributed by atoms with van der Waals surface area (Å²) < 4.78 is 0. The molecule has 72 valence electrons. The van der Waals surface area contributed by atoms with E-state index in [1.807, 2.05) is 12.1 Å². The smallest absolute Gasteiger partial charge is 0.129 e. The Kier molecular flexibility index (Phi) is 3.70. The Hall–Kier alpha value is -0.600. The molecule has 0 spiro atoms. The van der Waals surface area contributed by atoms with Gasteiger partial charge < -0.3 is 0 Å². The Bertz CT molecular complexity index is 273. The lowest BCUT2D eigenvalue weighted by atomic mass is 10.2. The Labute approximate surface area is 84.5 Å². The van der Waals surface area contributed by atoms with Crippen LogP contribution in [0.1, 0.15) is 19.4 Å². The van der Waals surface area contributed by atoms with Gasteiger partial charge in [-0.3, -0.25) is 4.90 Å². The monoisotopic (exact) mass is 198 g/mol. The minimum absolute atomic E-state index is 0.548. The van der Waals surface area contributed by atoms with Gasteiger partial charge in [0.05, 0.1) is 0 Å². The largest absolute Gasteiger partial charge is 0.300 e. The molecule has 0 aromatic carbocycles. The van der Waals surface area contributed by atoms with E-state index in [4.69, 9.17) is 11.6 Å². The summed E-state index contributed by atoms with van der Waals surface area (Å²) in [6.45, 7) is 5.26. The highest BCUT2D eigenvalue weighted by Crippen LogP contribution is 2.10. The molecule has 3 heteroatoms. The molecule has 0 unspecified atom stereocenters. The first-order chi connectivity index (χ1) is 6.09. The standard InChI is InChI=1S/C10H15ClN2/c1-8(2)13(3)7-9-4-5-12-10(11)6-9/h4-6,8H,7H2,1-3H3. The first-order valence-electron chi connectivity index (χ1n) is 4.40. The van der Waals surface area contributed by atoms with Gasteiger partial charge in [0.25, 0.3) is 0 Å². The zero-order valence-corrected chi connectivity index (χ0v) is 9.04. The lowest BCUT2D eigenvalue weighted by molar-refractivity contribution is 0.266. The van der Waals surface area contributed by atoms with E-state index in [1.165, 1.54) is 5.56 Å². The Morgan fingerprint density at radius 1 is 1.54 bits per heavy atom. The Balaban J connectivity index is 2.64. The van der Waals surface area contributed by atoms with Gasteiger partial charge in [-0.25, -0.2) is 4.98 Å². The molecule has 0 N–H and O–H groups in total. The molecule has 0 atom stereocenters. The molecule has 0 amide bonds. The van der Waals surface area contributed by atoms with Crippen molar-refractivity contribution in [3.05, 3.63) is 29.0 Å². The molecule has 0 radical (unpaired) electrons. The van der Waals surface area contributed by atoms with Crippen LogP contribution in [0.2, 0.25) is 5.15 Å². The molecular formula is C10H15ClN2. The van der Waals surface area contributed by atoms with Crippen LogP contribution >= 0.6 is 11.6 Å². The second kappa shape index (κ2) is 4.58. The van der Waals surface area contributed by atoms with Crippen molar-refractivity contribution in [2.24, 2.45) is 0 Å². The number of rotatable bonds is 3. The van der Waals surface area contributed by atoms with Crippen LogP contribution in [-0.4, -0.2) is 23.0 Å². The van der Waals surface area contributed by atoms with Crippen molar-refractivity contribution < 1.29 is 0 Å². The van der Waals surface area contributed by atoms with Gasteiger partial charge >= 0.3 is 0 Å². The van der Waals surface area contributed by atoms with Gasteiger partial charge in [0.2, 0.25) is 0 Å². The van der Waals surface area contributed by atoms with E-state index in [2.05, 4.69) is 30.8 Å². The van der Waals surface area contributed by atoms with Gasteiger partial charge in [-0.1, -0.05) is 11.6 Å². The normalized spacial score (nSPS) is 11.2. The third kappa shape index (κ3) is 3.33. The highest BCUT2D eigenvalue weighted by atomic mass is 35.5. The van der Waals surface area contributed by atoms with Gasteiger partial charge in [-0.05, 0) is 38.6 Å². The first-order valence-corrected chi connectivity index (χ1v) is 4.78. The highest BCUT2D eigenvalue weighted by Gasteiger charge is 2.04. The predicted octanol–water partition coefficient (Wildman–Crippen LogP) is 2.58. The maximum absolute atomic E-state index is 5.78. The number of pyridine rings is 1. The van der Waals surface area contributed by atoms with Crippen molar-refractivity contribution in [2.75, 3.05) is 7.05 Å². The summed E-state index contributed by atoms with van der Waals surface area (Å²) >= 11 is 5.78. The molecule has 1 heterocycles. The average Bonchev–Trinajstić information content (AvgIpc) is 2.04. The van der Waals surface area contributed by atoms with E-state index >= 15 is 0 Å². The molecule has 0 fully saturated rings. The number of halogens is 1. The topological polar surface area (TPSA) is 16.1 Å². The Morgan fingerprint density at radius 3 is 2.77 bits per heavy atom. The van der Waals surface area contributed by atoms with Crippen molar-refractivity contribution in [3.8, 4) is 0 Å². The lowest BCUT2D eigenvalue weighted by Gasteiger charge is -2.20. The van der Waals surface area contributed by atoms with E-state index in [-0.39, 0.29) is 0 Å². The van der Waals surface area contributed by atoms with Crippen LogP contribution in [0.15, 0.2) is 18.3 Å². The van der Waals surface area contributed by atoms with Gasteiger partial charge in [0, 0.05) is 18.8 Å². The molecule has 0 aliphatic heterocycles. The fraction of sp³-hybridized carbons (Fsp3) is 0.500. The highest BCUT2D eigenvalue weighted by molar-refractivity contribution is 6.29. The predicted molar refractivity (Wildman–Crippen MR) is 55.9 cm³/mol. The molecule has 2 nitrogen and oxygen atoms in total. The summed E-state index contributed by atoms with van der Waals surface area (Å²) in [4.78, 5) is 6.19. The second-order valence-corrected chi connectivity index (χ2v) is 3.88. The molecule has 0 aliphatic carbocycles. The van der Waals surface area contributed by atoms with E-state index < -0.39 is 0 Å². The summed E-state index contributed by atoms with van der Waals surface area (Å²) in [5.41, 5.74) is 1.20. The second-order valence-electron chi connectivity index (χ2n) is 3.50. The quantitative estimate of drug-likeness (QED) is 0.695. The lowest BCUT2D eigenvalue weighted by Crippen LogP contribution is -2.25. The molecular weight excluding hydrogens is 184 g/mol. The summed E-state index contributed by atoms with van der Waals surface area (Å²) in [5, 5.41) is 0.564. The van der Waals surface area contributed by atoms with Crippen molar-refractivity contribution in [3.63, 3.8) is 0 Å². The molecule has 0 saturated heterocycles. The first kappa shape index (κ1) is 10.5. The van der Waals surface area contributed by atoms with Crippen LogP contribution in [0.5, 0.6) is 0 Å². The van der Waals surface area contributed by atoms with E-state index in [9.17, 15) is 0 Å². The fourth-order valence-corrected chi connectivity index (χ4v) is 1.21. The average molecular weight is 199 g/mol. The van der Waals surface area contributed by atoms with Gasteiger partial charge in [0.1, 0.15) is 5.15 Å². The molecule has 0 saturated carbocycles. The van der Waals surface area contributed by atoms with Crippen molar-refractivity contribution >= 4 is 11.6 Å². The van der Waals surface area contributed by atoms with Crippen molar-refractivity contribution in [2.45, 2.75) is 26.4 Å². The number of hydrogen-bond acceptors (Lipinski definition) is 2. The summed E-state index contributed by atoms with van der Waals surface area (Å²) in [5.74, 6) is 0. The van der Waals surface area contributed by atoms with Gasteiger partial charge in [-0.2, -0.15) is 0 Å². The van der Waals surface area contributed by atoms with Crippen LogP contribution in [0.4, 0.5) is 0 Å². The zero-order valence-electron chi connectivity index (χ0n) is 8.29. The van der Waals surface area contributed by atoms with Crippen molar-refractivity contribution in [1.82, 2.24) is 9.88 Å². The summed E-state index contributed by atoms with van der Waals surface area (Å²) in [6.07, 6.45) is 1.74. The van der Waals surface area contributed by atoms with Gasteiger partial charge in [-0.15, -0.1) is 0 Å². The fourth-order valence-electron chi connectivity index (χ4n) is 1.01. The number of aromatic nitrogens is 1. The molecule has 0 aliphatic rings. The maximum Gasteiger partial charge on any atom is 0.129 e. The van der Waals surface area contributed by atoms with Crippen LogP contribution in [0.3, 0.4) is 0 Å². The van der Waals surface area contributed by atoms with E-state index in [0.717, 1.165) is 6.54 Å². The summed E-state index contributed by atoms with van der Waals surface area (Å²) in [7, 11) is 2.10.